The third-order valence-electron chi connectivity index (χ3n) is 2.05. The van der Waals surface area contributed by atoms with E-state index in [4.69, 9.17) is 4.74 Å². The van der Waals surface area contributed by atoms with E-state index in [0.29, 0.717) is 0 Å². The molecular weight excluding hydrogens is 160 g/mol. The average molecular weight is 170 g/mol. The Balaban J connectivity index is 2.57. The van der Waals surface area contributed by atoms with Crippen molar-refractivity contribution >= 4 is 11.6 Å². The Kier molecular flexibility index (Phi) is 1.78. The van der Waals surface area contributed by atoms with Crippen molar-refractivity contribution in [3.8, 4) is 5.75 Å². The summed E-state index contributed by atoms with van der Waals surface area (Å²) in [5.41, 5.74) is 3.10. The third kappa shape index (κ3) is 1.29. The molecule has 0 saturated heterocycles. The van der Waals surface area contributed by atoms with Gasteiger partial charge in [-0.25, -0.2) is 0 Å². The van der Waals surface area contributed by atoms with E-state index in [1.807, 2.05) is 30.4 Å². The van der Waals surface area contributed by atoms with Gasteiger partial charge in [0.15, 0.2) is 0 Å². The zero-order valence-corrected chi connectivity index (χ0v) is 7.29. The lowest BCUT2D eigenvalue weighted by Gasteiger charge is -2.13. The van der Waals surface area contributed by atoms with Gasteiger partial charge in [-0.3, -0.25) is 0 Å². The molecule has 1 aliphatic heterocycles. The average Bonchev–Trinajstić information content (AvgIpc) is 2.18. The maximum atomic E-state index is 5.32. The largest absolute Gasteiger partial charge is 0.464 e. The minimum atomic E-state index is 0.859. The lowest BCUT2D eigenvalue weighted by Crippen LogP contribution is -1.95. The van der Waals surface area contributed by atoms with Gasteiger partial charge in [-0.15, -0.1) is 0 Å². The van der Waals surface area contributed by atoms with Crippen LogP contribution >= 0.6 is 0 Å². The number of hydrogen-bond acceptors (Lipinski definition) is 1. The fraction of sp³-hybridized carbons (Fsp3) is 0. The molecule has 1 aromatic rings. The van der Waals surface area contributed by atoms with Crippen LogP contribution in [0.2, 0.25) is 0 Å². The van der Waals surface area contributed by atoms with Crippen molar-refractivity contribution in [2.45, 2.75) is 0 Å². The van der Waals surface area contributed by atoms with Crippen molar-refractivity contribution in [3.05, 3.63) is 54.8 Å². The molecule has 1 heterocycles. The summed E-state index contributed by atoms with van der Waals surface area (Å²) in [6.07, 6.45) is 5.32. The summed E-state index contributed by atoms with van der Waals surface area (Å²) in [4.78, 5) is 0. The molecule has 64 valence electrons. The second kappa shape index (κ2) is 2.94. The Labute approximate surface area is 77.7 Å². The molecule has 1 aliphatic rings. The Morgan fingerprint density at radius 3 is 2.92 bits per heavy atom. The second-order valence-corrected chi connectivity index (χ2v) is 2.91. The van der Waals surface area contributed by atoms with Crippen LogP contribution in [0.25, 0.3) is 11.6 Å². The molecule has 0 saturated carbocycles. The number of hydrogen-bond donors (Lipinski definition) is 0. The first-order valence-electron chi connectivity index (χ1n) is 4.10. The van der Waals surface area contributed by atoms with Crippen LogP contribution in [0, 0.1) is 0 Å². The van der Waals surface area contributed by atoms with Crippen molar-refractivity contribution < 1.29 is 4.74 Å². The molecule has 13 heavy (non-hydrogen) atoms. The first-order chi connectivity index (χ1) is 6.31. The van der Waals surface area contributed by atoms with E-state index >= 15 is 0 Å². The Hall–Kier alpha value is -1.76. The Morgan fingerprint density at radius 1 is 1.31 bits per heavy atom. The molecule has 1 aromatic carbocycles. The third-order valence-corrected chi connectivity index (χ3v) is 2.05. The zero-order chi connectivity index (χ0) is 9.26. The molecule has 0 radical (unpaired) electrons. The van der Waals surface area contributed by atoms with Gasteiger partial charge < -0.3 is 4.74 Å². The summed E-state index contributed by atoms with van der Waals surface area (Å²) in [5.74, 6) is 0.859. The molecule has 0 fully saturated rings. The van der Waals surface area contributed by atoms with Crippen LogP contribution in [0.3, 0.4) is 0 Å². The topological polar surface area (TPSA) is 9.23 Å². The lowest BCUT2D eigenvalue weighted by molar-refractivity contribution is 0.476. The Morgan fingerprint density at radius 2 is 2.15 bits per heavy atom. The Bertz CT molecular complexity index is 400. The normalized spacial score (nSPS) is 13.4. The van der Waals surface area contributed by atoms with Gasteiger partial charge in [0, 0.05) is 5.56 Å². The van der Waals surface area contributed by atoms with E-state index in [9.17, 15) is 0 Å². The molecule has 0 spiro atoms. The fourth-order valence-electron chi connectivity index (χ4n) is 1.31. The van der Waals surface area contributed by atoms with E-state index in [1.54, 1.807) is 6.26 Å². The van der Waals surface area contributed by atoms with Crippen LogP contribution in [-0.4, -0.2) is 0 Å². The van der Waals surface area contributed by atoms with Gasteiger partial charge in [-0.2, -0.15) is 0 Å². The highest BCUT2D eigenvalue weighted by atomic mass is 16.5. The van der Waals surface area contributed by atoms with Crippen LogP contribution in [0.5, 0.6) is 5.75 Å². The molecule has 0 atom stereocenters. The number of fused-ring (bicyclic) bond motifs is 1. The molecule has 2 rings (SSSR count). The summed E-state index contributed by atoms with van der Waals surface area (Å²) in [6, 6.07) is 5.92. The smallest absolute Gasteiger partial charge is 0.134 e. The van der Waals surface area contributed by atoms with E-state index in [0.717, 1.165) is 22.4 Å². The van der Waals surface area contributed by atoms with E-state index in [-0.39, 0.29) is 0 Å². The second-order valence-electron chi connectivity index (χ2n) is 2.91. The van der Waals surface area contributed by atoms with Gasteiger partial charge in [0.2, 0.25) is 0 Å². The predicted octanol–water partition coefficient (Wildman–Crippen LogP) is 3.25. The summed E-state index contributed by atoms with van der Waals surface area (Å²) >= 11 is 0. The van der Waals surface area contributed by atoms with Crippen molar-refractivity contribution in [1.82, 2.24) is 0 Å². The molecule has 0 aromatic heterocycles. The van der Waals surface area contributed by atoms with Gasteiger partial charge in [-0.1, -0.05) is 25.3 Å². The number of ether oxygens (including phenoxy) is 1. The summed E-state index contributed by atoms with van der Waals surface area (Å²) in [5, 5.41) is 0. The first kappa shape index (κ1) is 7.87. The minimum absolute atomic E-state index is 0.859. The maximum Gasteiger partial charge on any atom is 0.134 e. The maximum absolute atomic E-state index is 5.32. The summed E-state index contributed by atoms with van der Waals surface area (Å²) in [7, 11) is 0. The predicted molar refractivity (Wildman–Crippen MR) is 55.3 cm³/mol. The van der Waals surface area contributed by atoms with Gasteiger partial charge in [0.25, 0.3) is 0 Å². The molecule has 1 heteroatoms. The van der Waals surface area contributed by atoms with Crippen molar-refractivity contribution in [1.29, 1.82) is 0 Å². The molecule has 0 bridgehead atoms. The number of benzene rings is 1. The van der Waals surface area contributed by atoms with Crippen molar-refractivity contribution in [2.75, 3.05) is 0 Å². The van der Waals surface area contributed by atoms with E-state index < -0.39 is 0 Å². The zero-order valence-electron chi connectivity index (χ0n) is 7.29. The molecule has 0 aliphatic carbocycles. The van der Waals surface area contributed by atoms with E-state index in [2.05, 4.69) is 13.2 Å². The quantitative estimate of drug-likeness (QED) is 0.628. The molecule has 1 nitrogen and oxygen atoms in total. The van der Waals surface area contributed by atoms with E-state index in [1.165, 1.54) is 0 Å². The number of rotatable bonds is 1. The van der Waals surface area contributed by atoms with Crippen molar-refractivity contribution in [3.63, 3.8) is 0 Å². The highest BCUT2D eigenvalue weighted by Crippen LogP contribution is 2.30. The molecule has 0 amide bonds. The van der Waals surface area contributed by atoms with Crippen LogP contribution in [-0.2, 0) is 0 Å². The van der Waals surface area contributed by atoms with Gasteiger partial charge in [0.1, 0.15) is 5.75 Å². The first-order valence-corrected chi connectivity index (χ1v) is 4.10. The van der Waals surface area contributed by atoms with Crippen LogP contribution in [0.15, 0.2) is 43.7 Å². The highest BCUT2D eigenvalue weighted by Gasteiger charge is 2.08. The van der Waals surface area contributed by atoms with Crippen LogP contribution in [0.4, 0.5) is 0 Å². The molecule has 0 unspecified atom stereocenters. The highest BCUT2D eigenvalue weighted by molar-refractivity contribution is 5.78. The summed E-state index contributed by atoms with van der Waals surface area (Å²) < 4.78 is 5.32. The molecule has 0 N–H and O–H groups in total. The lowest BCUT2D eigenvalue weighted by atomic mass is 10.0. The van der Waals surface area contributed by atoms with Crippen LogP contribution < -0.4 is 4.74 Å². The standard InChI is InChI=1S/C12H10O/c1-3-10-4-5-12-11(8-10)9(2)6-7-13-12/h3-8H,1-2H2. The number of allylic oxidation sites excluding steroid dienone is 2. The van der Waals surface area contributed by atoms with Crippen LogP contribution in [0.1, 0.15) is 11.1 Å². The monoisotopic (exact) mass is 170 g/mol. The fourth-order valence-corrected chi connectivity index (χ4v) is 1.31. The SMILES string of the molecule is C=Cc1ccc2c(c1)C(=C)C=CO2. The summed E-state index contributed by atoms with van der Waals surface area (Å²) in [6.45, 7) is 7.65. The van der Waals surface area contributed by atoms with Crippen molar-refractivity contribution in [2.24, 2.45) is 0 Å². The van der Waals surface area contributed by atoms with Gasteiger partial charge in [-0.05, 0) is 29.3 Å². The van der Waals surface area contributed by atoms with Gasteiger partial charge >= 0.3 is 0 Å². The van der Waals surface area contributed by atoms with Gasteiger partial charge in [0.05, 0.1) is 6.26 Å². The minimum Gasteiger partial charge on any atom is -0.464 e. The molecular formula is C12H10O.